The first kappa shape index (κ1) is 16.0. The van der Waals surface area contributed by atoms with Gasteiger partial charge in [-0.1, -0.05) is 44.2 Å². The standard InChI is InChI=1S/C17H27N3O/c1-13(2)10-16(18)17(21)19-15-8-9-20(12-15)11-14-6-4-3-5-7-14/h3-7,13,15-16H,8-12,18H2,1-2H3,(H,19,21)/t15?,16-/m0/s1. The lowest BCUT2D eigenvalue weighted by Gasteiger charge is -2.19. The van der Waals surface area contributed by atoms with E-state index < -0.39 is 0 Å². The maximum absolute atomic E-state index is 12.0. The minimum atomic E-state index is -0.381. The van der Waals surface area contributed by atoms with Gasteiger partial charge < -0.3 is 11.1 Å². The molecule has 21 heavy (non-hydrogen) atoms. The van der Waals surface area contributed by atoms with Gasteiger partial charge in [-0.3, -0.25) is 9.69 Å². The molecule has 1 amide bonds. The lowest BCUT2D eigenvalue weighted by atomic mass is 10.0. The van der Waals surface area contributed by atoms with Crippen LogP contribution in [0.15, 0.2) is 30.3 Å². The zero-order chi connectivity index (χ0) is 15.2. The third kappa shape index (κ3) is 5.14. The molecule has 4 heteroatoms. The fraction of sp³-hybridized carbons (Fsp3) is 0.588. The molecule has 0 spiro atoms. The second-order valence-electron chi connectivity index (χ2n) is 6.45. The molecule has 1 aromatic rings. The Morgan fingerprint density at radius 1 is 1.38 bits per heavy atom. The number of nitrogens with two attached hydrogens (primary N) is 1. The highest BCUT2D eigenvalue weighted by molar-refractivity contribution is 5.81. The largest absolute Gasteiger partial charge is 0.351 e. The van der Waals surface area contributed by atoms with Crippen molar-refractivity contribution >= 4 is 5.91 Å². The average molecular weight is 289 g/mol. The predicted molar refractivity (Wildman–Crippen MR) is 85.7 cm³/mol. The van der Waals surface area contributed by atoms with Crippen LogP contribution in [0.3, 0.4) is 0 Å². The van der Waals surface area contributed by atoms with Gasteiger partial charge in [0.25, 0.3) is 0 Å². The zero-order valence-electron chi connectivity index (χ0n) is 13.1. The normalized spacial score (nSPS) is 20.7. The molecule has 2 atom stereocenters. The summed E-state index contributed by atoms with van der Waals surface area (Å²) in [5.74, 6) is 0.444. The average Bonchev–Trinajstić information content (AvgIpc) is 2.86. The van der Waals surface area contributed by atoms with Gasteiger partial charge in [-0.05, 0) is 24.3 Å². The van der Waals surface area contributed by atoms with Crippen LogP contribution in [-0.4, -0.2) is 36.0 Å². The summed E-state index contributed by atoms with van der Waals surface area (Å²) in [6.07, 6.45) is 1.75. The number of hydrogen-bond donors (Lipinski definition) is 2. The van der Waals surface area contributed by atoms with Crippen molar-refractivity contribution in [1.29, 1.82) is 0 Å². The smallest absolute Gasteiger partial charge is 0.237 e. The first-order valence-corrected chi connectivity index (χ1v) is 7.87. The van der Waals surface area contributed by atoms with Crippen LogP contribution >= 0.6 is 0 Å². The molecule has 4 nitrogen and oxygen atoms in total. The van der Waals surface area contributed by atoms with Gasteiger partial charge >= 0.3 is 0 Å². The Balaban J connectivity index is 1.76. The molecule has 3 N–H and O–H groups in total. The Morgan fingerprint density at radius 3 is 2.76 bits per heavy atom. The van der Waals surface area contributed by atoms with Gasteiger partial charge in [0.15, 0.2) is 0 Å². The van der Waals surface area contributed by atoms with E-state index in [1.165, 1.54) is 5.56 Å². The molecule has 0 saturated carbocycles. The van der Waals surface area contributed by atoms with Crippen molar-refractivity contribution < 1.29 is 4.79 Å². The highest BCUT2D eigenvalue weighted by atomic mass is 16.2. The molecular formula is C17H27N3O. The van der Waals surface area contributed by atoms with Crippen molar-refractivity contribution in [1.82, 2.24) is 10.2 Å². The molecule has 1 aromatic carbocycles. The van der Waals surface area contributed by atoms with Gasteiger partial charge in [0.1, 0.15) is 0 Å². The minimum absolute atomic E-state index is 0.00439. The van der Waals surface area contributed by atoms with Gasteiger partial charge in [0.2, 0.25) is 5.91 Å². The third-order valence-electron chi connectivity index (χ3n) is 3.93. The number of benzene rings is 1. The molecule has 0 radical (unpaired) electrons. The van der Waals surface area contributed by atoms with Gasteiger partial charge in [0, 0.05) is 25.7 Å². The van der Waals surface area contributed by atoms with Gasteiger partial charge in [-0.2, -0.15) is 0 Å². The number of rotatable bonds is 6. The van der Waals surface area contributed by atoms with E-state index in [1.54, 1.807) is 0 Å². The first-order chi connectivity index (χ1) is 10.0. The third-order valence-corrected chi connectivity index (χ3v) is 3.93. The van der Waals surface area contributed by atoms with E-state index in [1.807, 2.05) is 6.07 Å². The number of likely N-dealkylation sites (tertiary alicyclic amines) is 1. The number of hydrogen-bond acceptors (Lipinski definition) is 3. The van der Waals surface area contributed by atoms with Gasteiger partial charge in [-0.15, -0.1) is 0 Å². The molecule has 0 bridgehead atoms. The number of amides is 1. The van der Waals surface area contributed by atoms with Crippen LogP contribution in [0, 0.1) is 5.92 Å². The molecular weight excluding hydrogens is 262 g/mol. The summed E-state index contributed by atoms with van der Waals surface area (Å²) in [6.45, 7) is 7.06. The Morgan fingerprint density at radius 2 is 2.10 bits per heavy atom. The molecule has 1 aliphatic heterocycles. The maximum Gasteiger partial charge on any atom is 0.237 e. The van der Waals surface area contributed by atoms with E-state index in [2.05, 4.69) is 48.3 Å². The summed E-state index contributed by atoms with van der Waals surface area (Å²) in [7, 11) is 0. The number of nitrogens with zero attached hydrogens (tertiary/aromatic N) is 1. The van der Waals surface area contributed by atoms with Crippen molar-refractivity contribution in [2.24, 2.45) is 11.7 Å². The zero-order valence-corrected chi connectivity index (χ0v) is 13.1. The molecule has 2 rings (SSSR count). The van der Waals surface area contributed by atoms with Crippen molar-refractivity contribution in [3.63, 3.8) is 0 Å². The maximum atomic E-state index is 12.0. The molecule has 0 aromatic heterocycles. The number of nitrogens with one attached hydrogen (secondary N) is 1. The van der Waals surface area contributed by atoms with Crippen LogP contribution in [0.5, 0.6) is 0 Å². The van der Waals surface area contributed by atoms with Crippen molar-refractivity contribution in [2.75, 3.05) is 13.1 Å². The van der Waals surface area contributed by atoms with E-state index in [0.717, 1.165) is 32.5 Å². The summed E-state index contributed by atoms with van der Waals surface area (Å²) in [5.41, 5.74) is 7.25. The van der Waals surface area contributed by atoms with E-state index in [9.17, 15) is 4.79 Å². The number of carbonyl (C=O) groups is 1. The minimum Gasteiger partial charge on any atom is -0.351 e. The quantitative estimate of drug-likeness (QED) is 0.839. The molecule has 1 fully saturated rings. The molecule has 1 unspecified atom stereocenters. The van der Waals surface area contributed by atoms with Gasteiger partial charge in [-0.25, -0.2) is 0 Å². The van der Waals surface area contributed by atoms with Crippen molar-refractivity contribution in [3.8, 4) is 0 Å². The van der Waals surface area contributed by atoms with Crippen LogP contribution in [-0.2, 0) is 11.3 Å². The lowest BCUT2D eigenvalue weighted by Crippen LogP contribution is -2.46. The highest BCUT2D eigenvalue weighted by Crippen LogP contribution is 2.14. The van der Waals surface area contributed by atoms with E-state index in [-0.39, 0.29) is 18.0 Å². The molecule has 0 aliphatic carbocycles. The van der Waals surface area contributed by atoms with E-state index in [0.29, 0.717) is 5.92 Å². The van der Waals surface area contributed by atoms with Crippen LogP contribution in [0.25, 0.3) is 0 Å². The fourth-order valence-electron chi connectivity index (χ4n) is 2.86. The molecule has 1 aliphatic rings. The molecule has 1 heterocycles. The Bertz CT molecular complexity index is 447. The van der Waals surface area contributed by atoms with E-state index in [4.69, 9.17) is 5.73 Å². The van der Waals surface area contributed by atoms with Crippen LogP contribution in [0.2, 0.25) is 0 Å². The Labute approximate surface area is 127 Å². The lowest BCUT2D eigenvalue weighted by molar-refractivity contribution is -0.123. The topological polar surface area (TPSA) is 58.4 Å². The van der Waals surface area contributed by atoms with Crippen LogP contribution in [0.4, 0.5) is 0 Å². The first-order valence-electron chi connectivity index (χ1n) is 7.87. The second-order valence-corrected chi connectivity index (χ2v) is 6.45. The van der Waals surface area contributed by atoms with E-state index >= 15 is 0 Å². The Hall–Kier alpha value is -1.39. The monoisotopic (exact) mass is 289 g/mol. The van der Waals surface area contributed by atoms with Crippen molar-refractivity contribution in [3.05, 3.63) is 35.9 Å². The fourth-order valence-corrected chi connectivity index (χ4v) is 2.86. The van der Waals surface area contributed by atoms with Crippen molar-refractivity contribution in [2.45, 2.75) is 45.3 Å². The summed E-state index contributed by atoms with van der Waals surface area (Å²) in [5, 5.41) is 3.09. The molecule has 1 saturated heterocycles. The number of carbonyl (C=O) groups excluding carboxylic acids is 1. The molecule has 116 valence electrons. The summed E-state index contributed by atoms with van der Waals surface area (Å²) in [6, 6.07) is 10.3. The SMILES string of the molecule is CC(C)C[C@H](N)C(=O)NC1CCN(Cc2ccccc2)C1. The highest BCUT2D eigenvalue weighted by Gasteiger charge is 2.25. The van der Waals surface area contributed by atoms with Crippen LogP contribution in [0.1, 0.15) is 32.3 Å². The van der Waals surface area contributed by atoms with Crippen LogP contribution < -0.4 is 11.1 Å². The predicted octanol–water partition coefficient (Wildman–Crippen LogP) is 1.75. The van der Waals surface area contributed by atoms with Gasteiger partial charge in [0.05, 0.1) is 6.04 Å². The summed E-state index contributed by atoms with van der Waals surface area (Å²) < 4.78 is 0. The summed E-state index contributed by atoms with van der Waals surface area (Å²) in [4.78, 5) is 14.4. The Kier molecular flexibility index (Phi) is 5.76. The second kappa shape index (κ2) is 7.57. The summed E-state index contributed by atoms with van der Waals surface area (Å²) >= 11 is 0.